The van der Waals surface area contributed by atoms with Crippen LogP contribution in [-0.4, -0.2) is 5.11 Å². The van der Waals surface area contributed by atoms with Crippen LogP contribution >= 0.6 is 0 Å². The molecule has 0 aliphatic rings. The van der Waals surface area contributed by atoms with Gasteiger partial charge in [0.1, 0.15) is 5.75 Å². The van der Waals surface area contributed by atoms with E-state index in [1.165, 1.54) is 11.1 Å². The fraction of sp³-hybridized carbons (Fsp3) is 0.100. The van der Waals surface area contributed by atoms with Gasteiger partial charge in [0.15, 0.2) is 0 Å². The largest absolute Gasteiger partial charge is 0.508 e. The highest BCUT2D eigenvalue weighted by Gasteiger charge is 2.05. The van der Waals surface area contributed by atoms with Crippen molar-refractivity contribution in [2.24, 2.45) is 0 Å². The lowest BCUT2D eigenvalue weighted by Gasteiger charge is -2.11. The highest BCUT2D eigenvalue weighted by molar-refractivity contribution is 5.31. The van der Waals surface area contributed by atoms with Gasteiger partial charge in [-0.3, -0.25) is 0 Å². The third kappa shape index (κ3) is 4.81. The summed E-state index contributed by atoms with van der Waals surface area (Å²) in [4.78, 5) is 0. The summed E-state index contributed by atoms with van der Waals surface area (Å²) in [5.41, 5.74) is 2.75. The van der Waals surface area contributed by atoms with E-state index in [-0.39, 0.29) is 0 Å². The first-order chi connectivity index (χ1) is 10.3. The second-order valence-electron chi connectivity index (χ2n) is 4.88. The van der Waals surface area contributed by atoms with Crippen LogP contribution in [0.25, 0.3) is 0 Å². The summed E-state index contributed by atoms with van der Waals surface area (Å²) in [7, 11) is 0. The molecule has 21 heavy (non-hydrogen) atoms. The van der Waals surface area contributed by atoms with Crippen LogP contribution < -0.4 is 0 Å². The molecule has 3 aromatic rings. The van der Waals surface area contributed by atoms with E-state index in [0.717, 1.165) is 0 Å². The molecule has 0 heterocycles. The molecule has 3 aromatic carbocycles. The number of phenolic OH excluding ortho intramolecular Hbond substituents is 1. The lowest BCUT2D eigenvalue weighted by Crippen LogP contribution is -1.94. The summed E-state index contributed by atoms with van der Waals surface area (Å²) < 4.78 is 0. The van der Waals surface area contributed by atoms with Gasteiger partial charge in [0.2, 0.25) is 0 Å². The molecule has 0 unspecified atom stereocenters. The fourth-order valence-corrected chi connectivity index (χ4v) is 2.10. The molecule has 106 valence electrons. The zero-order valence-corrected chi connectivity index (χ0v) is 12.2. The third-order valence-electron chi connectivity index (χ3n) is 3.36. The van der Waals surface area contributed by atoms with Crippen LogP contribution in [0, 0.1) is 0 Å². The van der Waals surface area contributed by atoms with Crippen molar-refractivity contribution < 1.29 is 5.11 Å². The minimum atomic E-state index is 0.322. The maximum absolute atomic E-state index is 8.63. The van der Waals surface area contributed by atoms with Gasteiger partial charge in [0.25, 0.3) is 0 Å². The smallest absolute Gasteiger partial charge is 0.115 e. The standard InChI is InChI=1S/C14H14.C6H6O/c1-12(13-8-4-2-5-9-13)14-10-6-3-7-11-14;7-6-4-2-1-3-5-6/h2-12H,1H3;1-5,7H. The number of hydrogen-bond acceptors (Lipinski definition) is 1. The Morgan fingerprint density at radius 3 is 1.19 bits per heavy atom. The second kappa shape index (κ2) is 7.91. The first-order valence-electron chi connectivity index (χ1n) is 7.11. The number of rotatable bonds is 2. The SMILES string of the molecule is CC(c1ccccc1)c1ccccc1.Oc1ccccc1. The molecule has 0 saturated heterocycles. The number of para-hydroxylation sites is 1. The predicted molar refractivity (Wildman–Crippen MR) is 88.5 cm³/mol. The Hall–Kier alpha value is -2.54. The summed E-state index contributed by atoms with van der Waals surface area (Å²) in [6.45, 7) is 2.24. The van der Waals surface area contributed by atoms with Crippen LogP contribution in [0.5, 0.6) is 5.75 Å². The van der Waals surface area contributed by atoms with Crippen molar-refractivity contribution in [3.8, 4) is 5.75 Å². The Bertz CT molecular complexity index is 578. The fourth-order valence-electron chi connectivity index (χ4n) is 2.10. The van der Waals surface area contributed by atoms with E-state index in [1.807, 2.05) is 6.07 Å². The first kappa shape index (κ1) is 14.9. The molecule has 0 saturated carbocycles. The molecule has 1 N–H and O–H groups in total. The summed E-state index contributed by atoms with van der Waals surface area (Å²) in [5.74, 6) is 0.805. The molecule has 0 spiro atoms. The van der Waals surface area contributed by atoms with Crippen LogP contribution in [0.2, 0.25) is 0 Å². The lowest BCUT2D eigenvalue weighted by molar-refractivity contribution is 0.475. The molecule has 3 rings (SSSR count). The monoisotopic (exact) mass is 276 g/mol. The van der Waals surface area contributed by atoms with Crippen molar-refractivity contribution in [2.45, 2.75) is 12.8 Å². The average molecular weight is 276 g/mol. The Balaban J connectivity index is 0.000000194. The molecule has 0 radical (unpaired) electrons. The Morgan fingerprint density at radius 1 is 0.571 bits per heavy atom. The second-order valence-corrected chi connectivity index (χ2v) is 4.88. The van der Waals surface area contributed by atoms with E-state index in [1.54, 1.807) is 24.3 Å². The third-order valence-corrected chi connectivity index (χ3v) is 3.36. The minimum absolute atomic E-state index is 0.322. The highest BCUT2D eigenvalue weighted by Crippen LogP contribution is 2.22. The van der Waals surface area contributed by atoms with Gasteiger partial charge in [-0.05, 0) is 23.3 Å². The van der Waals surface area contributed by atoms with E-state index >= 15 is 0 Å². The zero-order valence-electron chi connectivity index (χ0n) is 12.2. The van der Waals surface area contributed by atoms with Crippen molar-refractivity contribution in [3.63, 3.8) is 0 Å². The summed E-state index contributed by atoms with van der Waals surface area (Å²) in [6, 6.07) is 29.9. The maximum atomic E-state index is 8.63. The minimum Gasteiger partial charge on any atom is -0.508 e. The van der Waals surface area contributed by atoms with E-state index in [0.29, 0.717) is 11.7 Å². The summed E-state index contributed by atoms with van der Waals surface area (Å²) in [6.07, 6.45) is 0. The molecule has 0 atom stereocenters. The Kier molecular flexibility index (Phi) is 5.60. The van der Waals surface area contributed by atoms with Gasteiger partial charge in [0.05, 0.1) is 0 Å². The number of aromatic hydroxyl groups is 1. The average Bonchev–Trinajstić information content (AvgIpc) is 2.57. The summed E-state index contributed by atoms with van der Waals surface area (Å²) in [5, 5.41) is 8.63. The zero-order chi connectivity index (χ0) is 14.9. The van der Waals surface area contributed by atoms with E-state index in [2.05, 4.69) is 67.6 Å². The van der Waals surface area contributed by atoms with E-state index in [4.69, 9.17) is 5.11 Å². The topological polar surface area (TPSA) is 20.2 Å². The van der Waals surface area contributed by atoms with Gasteiger partial charge in [-0.25, -0.2) is 0 Å². The molecule has 1 heteroatoms. The van der Waals surface area contributed by atoms with Gasteiger partial charge in [0, 0.05) is 5.92 Å². The summed E-state index contributed by atoms with van der Waals surface area (Å²) >= 11 is 0. The normalized spacial score (nSPS) is 9.81. The van der Waals surface area contributed by atoms with Crippen molar-refractivity contribution in [1.29, 1.82) is 0 Å². The lowest BCUT2D eigenvalue weighted by atomic mass is 9.93. The molecule has 0 aliphatic heterocycles. The van der Waals surface area contributed by atoms with Crippen molar-refractivity contribution in [3.05, 3.63) is 102 Å². The van der Waals surface area contributed by atoms with Crippen LogP contribution in [0.15, 0.2) is 91.0 Å². The van der Waals surface area contributed by atoms with Crippen LogP contribution in [0.4, 0.5) is 0 Å². The number of hydrogen-bond donors (Lipinski definition) is 1. The van der Waals surface area contributed by atoms with E-state index in [9.17, 15) is 0 Å². The highest BCUT2D eigenvalue weighted by atomic mass is 16.3. The first-order valence-corrected chi connectivity index (χ1v) is 7.11. The predicted octanol–water partition coefficient (Wildman–Crippen LogP) is 5.23. The molecular weight excluding hydrogens is 256 g/mol. The Morgan fingerprint density at radius 2 is 0.905 bits per heavy atom. The molecule has 1 nitrogen and oxygen atoms in total. The van der Waals surface area contributed by atoms with Crippen molar-refractivity contribution in [2.75, 3.05) is 0 Å². The van der Waals surface area contributed by atoms with Crippen LogP contribution in [-0.2, 0) is 0 Å². The number of benzene rings is 3. The maximum Gasteiger partial charge on any atom is 0.115 e. The van der Waals surface area contributed by atoms with Gasteiger partial charge >= 0.3 is 0 Å². The van der Waals surface area contributed by atoms with Crippen molar-refractivity contribution in [1.82, 2.24) is 0 Å². The Labute approximate surface area is 126 Å². The van der Waals surface area contributed by atoms with Crippen molar-refractivity contribution >= 4 is 0 Å². The van der Waals surface area contributed by atoms with Gasteiger partial charge in [-0.1, -0.05) is 85.8 Å². The van der Waals surface area contributed by atoms with Gasteiger partial charge in [-0.2, -0.15) is 0 Å². The van der Waals surface area contributed by atoms with Gasteiger partial charge in [-0.15, -0.1) is 0 Å². The molecule has 0 fully saturated rings. The number of phenols is 1. The molecule has 0 aliphatic carbocycles. The molecular formula is C20H20O. The molecule has 0 aromatic heterocycles. The van der Waals surface area contributed by atoms with Crippen LogP contribution in [0.3, 0.4) is 0 Å². The van der Waals surface area contributed by atoms with Crippen LogP contribution in [0.1, 0.15) is 24.0 Å². The van der Waals surface area contributed by atoms with Gasteiger partial charge < -0.3 is 5.11 Å². The van der Waals surface area contributed by atoms with E-state index < -0.39 is 0 Å². The molecule has 0 amide bonds. The molecule has 0 bridgehead atoms. The quantitative estimate of drug-likeness (QED) is 0.679.